The van der Waals surface area contributed by atoms with E-state index in [-0.39, 0.29) is 18.8 Å². The SMILES string of the molecule is Cc1cccc2c(CB3OC4CCC[C@@H](C(C)C)[C@]4(C)O3)coc12. The second-order valence-electron chi connectivity index (χ2n) is 8.05. The molecule has 2 fully saturated rings. The van der Waals surface area contributed by atoms with Gasteiger partial charge in [0.15, 0.2) is 0 Å². The Hall–Kier alpha value is -1.26. The fraction of sp³-hybridized carbons (Fsp3) is 0.600. The minimum Gasteiger partial charge on any atom is -0.464 e. The molecule has 1 aliphatic carbocycles. The van der Waals surface area contributed by atoms with Gasteiger partial charge in [0.05, 0.1) is 18.0 Å². The first-order valence-corrected chi connectivity index (χ1v) is 9.28. The highest BCUT2D eigenvalue weighted by atomic mass is 16.7. The van der Waals surface area contributed by atoms with E-state index < -0.39 is 0 Å². The van der Waals surface area contributed by atoms with E-state index in [1.54, 1.807) is 0 Å². The monoisotopic (exact) mass is 326 g/mol. The molecule has 3 nitrogen and oxygen atoms in total. The second kappa shape index (κ2) is 5.92. The molecule has 4 heteroatoms. The zero-order chi connectivity index (χ0) is 16.9. The fourth-order valence-corrected chi connectivity index (χ4v) is 4.87. The smallest absolute Gasteiger partial charge is 0.462 e. The summed E-state index contributed by atoms with van der Waals surface area (Å²) in [5.41, 5.74) is 3.19. The number of aryl methyl sites for hydroxylation is 1. The van der Waals surface area contributed by atoms with Gasteiger partial charge in [0.25, 0.3) is 0 Å². The van der Waals surface area contributed by atoms with Crippen LogP contribution >= 0.6 is 0 Å². The van der Waals surface area contributed by atoms with Gasteiger partial charge in [0, 0.05) is 11.7 Å². The largest absolute Gasteiger partial charge is 0.464 e. The van der Waals surface area contributed by atoms with Crippen LogP contribution in [0.3, 0.4) is 0 Å². The summed E-state index contributed by atoms with van der Waals surface area (Å²) in [5.74, 6) is 1.20. The molecule has 4 rings (SSSR count). The molecule has 2 heterocycles. The van der Waals surface area contributed by atoms with Crippen molar-refractivity contribution in [1.29, 1.82) is 0 Å². The van der Waals surface area contributed by atoms with Crippen molar-refractivity contribution < 1.29 is 13.7 Å². The van der Waals surface area contributed by atoms with Crippen LogP contribution in [0, 0.1) is 18.8 Å². The molecule has 2 aromatic rings. The Balaban J connectivity index is 1.57. The average Bonchev–Trinajstić information content (AvgIpc) is 3.08. The van der Waals surface area contributed by atoms with Crippen LogP contribution in [0.5, 0.6) is 0 Å². The molecular formula is C20H27BO3. The molecule has 0 radical (unpaired) electrons. The number of furan rings is 1. The maximum absolute atomic E-state index is 6.52. The highest BCUT2D eigenvalue weighted by Gasteiger charge is 2.54. The molecule has 24 heavy (non-hydrogen) atoms. The van der Waals surface area contributed by atoms with Crippen LogP contribution in [0.25, 0.3) is 11.0 Å². The first kappa shape index (κ1) is 16.2. The Bertz CT molecular complexity index is 738. The molecule has 1 aromatic carbocycles. The van der Waals surface area contributed by atoms with Gasteiger partial charge in [-0.25, -0.2) is 0 Å². The molecule has 1 unspecified atom stereocenters. The van der Waals surface area contributed by atoms with Crippen molar-refractivity contribution in [2.45, 2.75) is 65.0 Å². The van der Waals surface area contributed by atoms with Crippen molar-refractivity contribution in [1.82, 2.24) is 0 Å². The maximum atomic E-state index is 6.52. The van der Waals surface area contributed by atoms with E-state index in [1.165, 1.54) is 29.4 Å². The third-order valence-corrected chi connectivity index (χ3v) is 6.13. The summed E-state index contributed by atoms with van der Waals surface area (Å²) in [4.78, 5) is 0. The van der Waals surface area contributed by atoms with Crippen molar-refractivity contribution in [3.8, 4) is 0 Å². The highest BCUT2D eigenvalue weighted by molar-refractivity contribution is 6.45. The van der Waals surface area contributed by atoms with Crippen molar-refractivity contribution >= 4 is 18.1 Å². The van der Waals surface area contributed by atoms with Gasteiger partial charge < -0.3 is 13.7 Å². The fourth-order valence-electron chi connectivity index (χ4n) is 4.87. The van der Waals surface area contributed by atoms with Crippen LogP contribution in [0.1, 0.15) is 51.2 Å². The highest BCUT2D eigenvalue weighted by Crippen LogP contribution is 2.46. The standard InChI is InChI=1S/C20H27BO3/c1-13(2)17-9-6-10-18-20(17,4)24-21(23-18)11-15-12-22-19-14(3)7-5-8-16(15)19/h5,7-8,12-13,17-18H,6,9-11H2,1-4H3/t17-,18?,20-/m0/s1. The van der Waals surface area contributed by atoms with Gasteiger partial charge in [-0.2, -0.15) is 0 Å². The molecule has 1 saturated heterocycles. The van der Waals surface area contributed by atoms with Crippen molar-refractivity contribution in [2.75, 3.05) is 0 Å². The van der Waals surface area contributed by atoms with E-state index in [1.807, 2.05) is 6.26 Å². The summed E-state index contributed by atoms with van der Waals surface area (Å²) in [6, 6.07) is 6.30. The lowest BCUT2D eigenvalue weighted by molar-refractivity contribution is -0.0509. The number of fused-ring (bicyclic) bond motifs is 2. The molecule has 0 amide bonds. The molecule has 1 aliphatic heterocycles. The topological polar surface area (TPSA) is 31.6 Å². The van der Waals surface area contributed by atoms with Crippen molar-refractivity contribution in [2.24, 2.45) is 11.8 Å². The molecular weight excluding hydrogens is 299 g/mol. The van der Waals surface area contributed by atoms with E-state index in [4.69, 9.17) is 13.7 Å². The molecule has 0 N–H and O–H groups in total. The third kappa shape index (κ3) is 2.51. The van der Waals surface area contributed by atoms with Gasteiger partial charge in [-0.3, -0.25) is 0 Å². The van der Waals surface area contributed by atoms with Gasteiger partial charge in [0.2, 0.25) is 0 Å². The van der Waals surface area contributed by atoms with E-state index in [0.29, 0.717) is 11.8 Å². The summed E-state index contributed by atoms with van der Waals surface area (Å²) in [6.45, 7) is 8.96. The lowest BCUT2D eigenvalue weighted by Gasteiger charge is -2.44. The molecule has 0 spiro atoms. The first-order valence-electron chi connectivity index (χ1n) is 9.28. The number of benzene rings is 1. The minimum absolute atomic E-state index is 0.146. The number of para-hydroxylation sites is 1. The molecule has 0 bridgehead atoms. The number of hydrogen-bond donors (Lipinski definition) is 0. The van der Waals surface area contributed by atoms with Gasteiger partial charge >= 0.3 is 7.12 Å². The maximum Gasteiger partial charge on any atom is 0.462 e. The molecule has 3 atom stereocenters. The Kier molecular flexibility index (Phi) is 4.01. The Labute approximate surface area is 144 Å². The average molecular weight is 326 g/mol. The predicted molar refractivity (Wildman–Crippen MR) is 97.0 cm³/mol. The van der Waals surface area contributed by atoms with Crippen molar-refractivity contribution in [3.63, 3.8) is 0 Å². The summed E-state index contributed by atoms with van der Waals surface area (Å²) in [6.07, 6.45) is 6.45. The van der Waals surface area contributed by atoms with Crippen LogP contribution in [-0.4, -0.2) is 18.8 Å². The van der Waals surface area contributed by atoms with E-state index in [0.717, 1.165) is 18.3 Å². The zero-order valence-electron chi connectivity index (χ0n) is 15.2. The van der Waals surface area contributed by atoms with Crippen LogP contribution in [0.4, 0.5) is 0 Å². The van der Waals surface area contributed by atoms with Crippen LogP contribution in [-0.2, 0) is 15.6 Å². The quantitative estimate of drug-likeness (QED) is 0.749. The summed E-state index contributed by atoms with van der Waals surface area (Å²) < 4.78 is 18.6. The van der Waals surface area contributed by atoms with E-state index in [2.05, 4.69) is 45.9 Å². The Morgan fingerprint density at radius 1 is 1.29 bits per heavy atom. The lowest BCUT2D eigenvalue weighted by atomic mass is 9.69. The Morgan fingerprint density at radius 3 is 2.92 bits per heavy atom. The van der Waals surface area contributed by atoms with Gasteiger partial charge in [-0.1, -0.05) is 38.5 Å². The summed E-state index contributed by atoms with van der Waals surface area (Å²) in [7, 11) is -0.166. The molecule has 128 valence electrons. The summed E-state index contributed by atoms with van der Waals surface area (Å²) >= 11 is 0. The second-order valence-corrected chi connectivity index (χ2v) is 8.05. The zero-order valence-corrected chi connectivity index (χ0v) is 15.2. The van der Waals surface area contributed by atoms with Gasteiger partial charge in [0.1, 0.15) is 5.58 Å². The minimum atomic E-state index is -0.166. The van der Waals surface area contributed by atoms with Crippen molar-refractivity contribution in [3.05, 3.63) is 35.6 Å². The van der Waals surface area contributed by atoms with E-state index >= 15 is 0 Å². The van der Waals surface area contributed by atoms with Crippen LogP contribution in [0.15, 0.2) is 28.9 Å². The normalized spacial score (nSPS) is 30.3. The number of rotatable bonds is 3. The third-order valence-electron chi connectivity index (χ3n) is 6.13. The Morgan fingerprint density at radius 2 is 2.12 bits per heavy atom. The first-order chi connectivity index (χ1) is 11.5. The molecule has 1 saturated carbocycles. The number of hydrogen-bond acceptors (Lipinski definition) is 3. The predicted octanol–water partition coefficient (Wildman–Crippen LogP) is 4.94. The molecule has 1 aromatic heterocycles. The summed E-state index contributed by atoms with van der Waals surface area (Å²) in [5, 5.41) is 1.18. The van der Waals surface area contributed by atoms with Gasteiger partial charge in [-0.15, -0.1) is 0 Å². The van der Waals surface area contributed by atoms with Gasteiger partial charge in [-0.05, 0) is 49.7 Å². The van der Waals surface area contributed by atoms with Crippen LogP contribution < -0.4 is 0 Å². The van der Waals surface area contributed by atoms with E-state index in [9.17, 15) is 0 Å². The lowest BCUT2D eigenvalue weighted by Crippen LogP contribution is -2.49. The van der Waals surface area contributed by atoms with Crippen LogP contribution in [0.2, 0.25) is 0 Å². The molecule has 2 aliphatic rings.